The lowest BCUT2D eigenvalue weighted by Crippen LogP contribution is -2.51. The molecule has 0 bridgehead atoms. The minimum atomic E-state index is 0.0972. The number of nitrogens with zero attached hydrogens (tertiary/aromatic N) is 1. The first-order valence-electron chi connectivity index (χ1n) is 16.0. The maximum absolute atomic E-state index is 11.5. The molecule has 4 nitrogen and oxygen atoms in total. The maximum Gasteiger partial charge on any atom is 0.143 e. The summed E-state index contributed by atoms with van der Waals surface area (Å²) in [5.41, 5.74) is 2.57. The van der Waals surface area contributed by atoms with E-state index in [1.54, 1.807) is 12.5 Å². The first-order valence-corrected chi connectivity index (χ1v) is 16.0. The van der Waals surface area contributed by atoms with Gasteiger partial charge in [0, 0.05) is 6.54 Å². The summed E-state index contributed by atoms with van der Waals surface area (Å²) in [6, 6.07) is 0. The number of Topliss-reactive ketones (excluding diaryl/α,β-unsaturated/α-hetero) is 1. The fourth-order valence-electron chi connectivity index (χ4n) is 9.80. The fourth-order valence-corrected chi connectivity index (χ4v) is 9.80. The standard InChI is InChI=1S/C34H57NO3/c1-24(2)8-7-9-25(3)30-12-13-31-29-11-10-27-22-28(38-21-19-35(18-20-36)23-26(4)37)14-16-33(27,5)32(29)15-17-34(30,31)6/h10,20,24-25,28-32H,7-9,11-19,21-23H2,1-6H3/t25-,28+,29?,30-,31?,32?,33+,34-/m1/s1. The van der Waals surface area contributed by atoms with Gasteiger partial charge in [0.2, 0.25) is 0 Å². The van der Waals surface area contributed by atoms with Gasteiger partial charge >= 0.3 is 0 Å². The molecule has 0 heterocycles. The molecule has 0 aliphatic heterocycles. The average molecular weight is 528 g/mol. The Hall–Kier alpha value is -1.00. The third-order valence-corrected chi connectivity index (χ3v) is 11.8. The van der Waals surface area contributed by atoms with Crippen LogP contribution in [0.1, 0.15) is 112 Å². The van der Waals surface area contributed by atoms with Crippen molar-refractivity contribution in [3.05, 3.63) is 11.6 Å². The number of aldehydes is 1. The smallest absolute Gasteiger partial charge is 0.143 e. The number of hydrogen-bond acceptors (Lipinski definition) is 4. The lowest BCUT2D eigenvalue weighted by molar-refractivity contribution is -0.119. The predicted octanol–water partition coefficient (Wildman–Crippen LogP) is 7.50. The number of hydrogen-bond donors (Lipinski definition) is 0. The van der Waals surface area contributed by atoms with Crippen molar-refractivity contribution < 1.29 is 14.3 Å². The van der Waals surface area contributed by atoms with Gasteiger partial charge in [0.15, 0.2) is 0 Å². The van der Waals surface area contributed by atoms with Gasteiger partial charge in [0.25, 0.3) is 0 Å². The highest BCUT2D eigenvalue weighted by Crippen LogP contribution is 2.67. The molecule has 0 aromatic carbocycles. The van der Waals surface area contributed by atoms with Gasteiger partial charge in [-0.05, 0) is 105 Å². The Morgan fingerprint density at radius 1 is 1.11 bits per heavy atom. The molecular formula is C34H57NO3. The lowest BCUT2D eigenvalue weighted by atomic mass is 9.47. The zero-order valence-electron chi connectivity index (χ0n) is 25.5. The highest BCUT2D eigenvalue weighted by molar-refractivity contribution is 5.77. The number of ketones is 1. The highest BCUT2D eigenvalue weighted by Gasteiger charge is 2.59. The van der Waals surface area contributed by atoms with E-state index in [1.807, 2.05) is 4.90 Å². The molecule has 38 heavy (non-hydrogen) atoms. The van der Waals surface area contributed by atoms with Gasteiger partial charge in [-0.15, -0.1) is 0 Å². The Kier molecular flexibility index (Phi) is 9.99. The van der Waals surface area contributed by atoms with E-state index >= 15 is 0 Å². The molecule has 0 amide bonds. The van der Waals surface area contributed by atoms with Crippen LogP contribution in [-0.4, -0.2) is 49.3 Å². The first-order chi connectivity index (χ1) is 18.1. The summed E-state index contributed by atoms with van der Waals surface area (Å²) < 4.78 is 6.33. The molecule has 4 aliphatic carbocycles. The topological polar surface area (TPSA) is 46.6 Å². The molecule has 3 fully saturated rings. The van der Waals surface area contributed by atoms with E-state index in [2.05, 4.69) is 40.7 Å². The van der Waals surface area contributed by atoms with Gasteiger partial charge in [0.1, 0.15) is 12.1 Å². The summed E-state index contributed by atoms with van der Waals surface area (Å²) in [5, 5.41) is 0. The number of allylic oxidation sites excluding steroid dienone is 1. The molecule has 0 spiro atoms. The Morgan fingerprint density at radius 3 is 2.61 bits per heavy atom. The van der Waals surface area contributed by atoms with E-state index in [0.29, 0.717) is 37.1 Å². The van der Waals surface area contributed by atoms with E-state index < -0.39 is 0 Å². The monoisotopic (exact) mass is 527 g/mol. The van der Waals surface area contributed by atoms with Crippen molar-refractivity contribution in [1.82, 2.24) is 4.90 Å². The number of carbonyl (C=O) groups is 2. The third-order valence-electron chi connectivity index (χ3n) is 11.8. The van der Waals surface area contributed by atoms with Gasteiger partial charge < -0.3 is 9.53 Å². The minimum absolute atomic E-state index is 0.0972. The Balaban J connectivity index is 1.35. The molecule has 8 atom stereocenters. The summed E-state index contributed by atoms with van der Waals surface area (Å²) in [7, 11) is 0. The van der Waals surface area contributed by atoms with Crippen molar-refractivity contribution in [2.24, 2.45) is 46.3 Å². The second-order valence-corrected chi connectivity index (χ2v) is 14.6. The van der Waals surface area contributed by atoms with Crippen LogP contribution in [0.4, 0.5) is 0 Å². The summed E-state index contributed by atoms with van der Waals surface area (Å²) in [6.45, 7) is 16.0. The van der Waals surface area contributed by atoms with Crippen molar-refractivity contribution in [2.75, 3.05) is 26.2 Å². The van der Waals surface area contributed by atoms with Gasteiger partial charge in [0.05, 0.1) is 25.8 Å². The summed E-state index contributed by atoms with van der Waals surface area (Å²) in [5.74, 6) is 5.34. The van der Waals surface area contributed by atoms with E-state index in [9.17, 15) is 9.59 Å². The van der Waals surface area contributed by atoms with Gasteiger partial charge in [-0.2, -0.15) is 0 Å². The average Bonchev–Trinajstić information content (AvgIpc) is 3.21. The van der Waals surface area contributed by atoms with Crippen LogP contribution in [-0.2, 0) is 14.3 Å². The van der Waals surface area contributed by atoms with Crippen LogP contribution in [0.3, 0.4) is 0 Å². The summed E-state index contributed by atoms with van der Waals surface area (Å²) >= 11 is 0. The molecule has 0 saturated heterocycles. The SMILES string of the molecule is CC(=O)CN(CC=O)CCO[C@H]1CC[C@@]2(C)C(=CCC3C2CC[C@@]2(C)C3CC[C@@H]2[C@H](C)CCCC(C)C)C1. The predicted molar refractivity (Wildman–Crippen MR) is 156 cm³/mol. The van der Waals surface area contributed by atoms with E-state index in [0.717, 1.165) is 54.6 Å². The second kappa shape index (κ2) is 12.7. The Bertz CT molecular complexity index is 851. The van der Waals surface area contributed by atoms with Crippen LogP contribution in [0, 0.1) is 46.3 Å². The molecule has 0 aromatic heterocycles. The molecule has 3 unspecified atom stereocenters. The Labute approximate surface area is 233 Å². The normalized spacial score (nSPS) is 37.4. The van der Waals surface area contributed by atoms with Crippen LogP contribution in [0.2, 0.25) is 0 Å². The summed E-state index contributed by atoms with van der Waals surface area (Å²) in [4.78, 5) is 24.4. The van der Waals surface area contributed by atoms with Crippen LogP contribution in [0.15, 0.2) is 11.6 Å². The van der Waals surface area contributed by atoms with Crippen LogP contribution >= 0.6 is 0 Å². The molecular weight excluding hydrogens is 470 g/mol. The van der Waals surface area contributed by atoms with Crippen LogP contribution in [0.25, 0.3) is 0 Å². The van der Waals surface area contributed by atoms with Gasteiger partial charge in [-0.25, -0.2) is 0 Å². The van der Waals surface area contributed by atoms with Crippen LogP contribution in [0.5, 0.6) is 0 Å². The molecule has 4 aliphatic rings. The van der Waals surface area contributed by atoms with Crippen molar-refractivity contribution in [2.45, 2.75) is 118 Å². The maximum atomic E-state index is 11.5. The van der Waals surface area contributed by atoms with Crippen molar-refractivity contribution in [3.8, 4) is 0 Å². The van der Waals surface area contributed by atoms with Crippen molar-refractivity contribution >= 4 is 12.1 Å². The zero-order valence-corrected chi connectivity index (χ0v) is 25.5. The lowest BCUT2D eigenvalue weighted by Gasteiger charge is -2.58. The molecule has 216 valence electrons. The summed E-state index contributed by atoms with van der Waals surface area (Å²) in [6.07, 6.45) is 18.5. The quantitative estimate of drug-likeness (QED) is 0.184. The van der Waals surface area contributed by atoms with E-state index in [-0.39, 0.29) is 11.9 Å². The number of ether oxygens (including phenoxy) is 1. The minimum Gasteiger partial charge on any atom is -0.377 e. The number of fused-ring (bicyclic) bond motifs is 5. The van der Waals surface area contributed by atoms with Crippen molar-refractivity contribution in [3.63, 3.8) is 0 Å². The van der Waals surface area contributed by atoms with E-state index in [4.69, 9.17) is 4.74 Å². The fraction of sp³-hybridized carbons (Fsp3) is 0.882. The Morgan fingerprint density at radius 2 is 1.89 bits per heavy atom. The molecule has 0 aromatic rings. The van der Waals surface area contributed by atoms with E-state index in [1.165, 1.54) is 57.8 Å². The first kappa shape index (κ1) is 30.0. The zero-order chi connectivity index (χ0) is 27.5. The van der Waals surface area contributed by atoms with Crippen molar-refractivity contribution in [1.29, 1.82) is 0 Å². The molecule has 0 N–H and O–H groups in total. The molecule has 3 saturated carbocycles. The number of carbonyl (C=O) groups excluding carboxylic acids is 2. The van der Waals surface area contributed by atoms with Gasteiger partial charge in [-0.3, -0.25) is 9.69 Å². The molecule has 0 radical (unpaired) electrons. The molecule has 4 rings (SSSR count). The number of rotatable bonds is 13. The molecule has 4 heteroatoms. The third kappa shape index (κ3) is 6.32. The largest absolute Gasteiger partial charge is 0.377 e. The highest BCUT2D eigenvalue weighted by atomic mass is 16.5. The second-order valence-electron chi connectivity index (χ2n) is 14.6. The van der Waals surface area contributed by atoms with Crippen LogP contribution < -0.4 is 0 Å². The van der Waals surface area contributed by atoms with Gasteiger partial charge in [-0.1, -0.05) is 65.5 Å².